The minimum absolute atomic E-state index is 0.376. The molecule has 20 heavy (non-hydrogen) atoms. The number of rotatable bonds is 9. The molecule has 2 unspecified atom stereocenters. The lowest BCUT2D eigenvalue weighted by Crippen LogP contribution is -2.63. The predicted molar refractivity (Wildman–Crippen MR) is 89.0 cm³/mol. The zero-order valence-corrected chi connectivity index (χ0v) is 17.1. The summed E-state index contributed by atoms with van der Waals surface area (Å²) in [6, 6.07) is 0. The van der Waals surface area contributed by atoms with E-state index in [1.54, 1.807) is 0 Å². The first-order valence-electron chi connectivity index (χ1n) is 7.22. The summed E-state index contributed by atoms with van der Waals surface area (Å²) in [6.07, 6.45) is -0.145. The van der Waals surface area contributed by atoms with Crippen LogP contribution in [0.15, 0.2) is 0 Å². The smallest absolute Gasteiger partial charge is 0.336 e. The van der Waals surface area contributed by atoms with Crippen LogP contribution >= 0.6 is 0 Å². The molecular weight excluding hydrogens is 308 g/mol. The van der Waals surface area contributed by atoms with Crippen molar-refractivity contribution in [1.29, 1.82) is 0 Å². The quantitative estimate of drug-likeness (QED) is 0.552. The van der Waals surface area contributed by atoms with Crippen molar-refractivity contribution in [2.45, 2.75) is 70.4 Å². The lowest BCUT2D eigenvalue weighted by molar-refractivity contribution is -0.0642. The molecule has 0 heterocycles. The standard InChI is InChI=1S/C12H32O5Si3/c1-8-9-12(15,11(14)10-13)18(16-19(2,3)4)17-20(5,6)7/h11,13-15,18H,8-10H2,1-7H3. The molecule has 0 aromatic rings. The van der Waals surface area contributed by atoms with E-state index in [0.29, 0.717) is 12.8 Å². The Morgan fingerprint density at radius 3 is 1.70 bits per heavy atom. The summed E-state index contributed by atoms with van der Waals surface area (Å²) in [5.41, 5.74) is 0. The van der Waals surface area contributed by atoms with Crippen LogP contribution in [0.2, 0.25) is 39.3 Å². The van der Waals surface area contributed by atoms with Crippen molar-refractivity contribution >= 4 is 25.9 Å². The highest BCUT2D eigenvalue weighted by atomic mass is 28.4. The largest absolute Gasteiger partial charge is 0.437 e. The molecule has 0 saturated heterocycles. The molecule has 122 valence electrons. The Bertz CT molecular complexity index is 274. The van der Waals surface area contributed by atoms with Gasteiger partial charge in [0.25, 0.3) is 0 Å². The minimum atomic E-state index is -2.54. The summed E-state index contributed by atoms with van der Waals surface area (Å²) in [6.45, 7) is 13.7. The van der Waals surface area contributed by atoms with Crippen LogP contribution in [0.25, 0.3) is 0 Å². The average molecular weight is 341 g/mol. The van der Waals surface area contributed by atoms with E-state index in [1.807, 2.05) is 46.2 Å². The molecule has 8 heteroatoms. The molecule has 0 aliphatic rings. The van der Waals surface area contributed by atoms with Crippen LogP contribution in [-0.2, 0) is 8.23 Å². The summed E-state index contributed by atoms with van der Waals surface area (Å²) in [4.78, 5) is 0. The van der Waals surface area contributed by atoms with Gasteiger partial charge in [0.2, 0.25) is 0 Å². The molecule has 0 rings (SSSR count). The number of hydrogen-bond donors (Lipinski definition) is 3. The van der Waals surface area contributed by atoms with Crippen LogP contribution in [0.3, 0.4) is 0 Å². The second kappa shape index (κ2) is 7.63. The van der Waals surface area contributed by atoms with Crippen molar-refractivity contribution in [1.82, 2.24) is 0 Å². The molecule has 0 saturated carbocycles. The molecule has 0 aromatic carbocycles. The van der Waals surface area contributed by atoms with Crippen molar-refractivity contribution in [3.63, 3.8) is 0 Å². The van der Waals surface area contributed by atoms with Crippen LogP contribution in [-0.4, -0.2) is 59.2 Å². The van der Waals surface area contributed by atoms with Gasteiger partial charge >= 0.3 is 9.28 Å². The lowest BCUT2D eigenvalue weighted by Gasteiger charge is -2.42. The zero-order chi connectivity index (χ0) is 16.2. The van der Waals surface area contributed by atoms with Gasteiger partial charge in [-0.2, -0.15) is 0 Å². The maximum atomic E-state index is 10.9. The van der Waals surface area contributed by atoms with Crippen LogP contribution < -0.4 is 0 Å². The summed E-state index contributed by atoms with van der Waals surface area (Å²) in [5, 5.41) is 28.8. The van der Waals surface area contributed by atoms with E-state index in [9.17, 15) is 15.3 Å². The van der Waals surface area contributed by atoms with E-state index < -0.39 is 43.9 Å². The Morgan fingerprint density at radius 2 is 1.45 bits per heavy atom. The predicted octanol–water partition coefficient (Wildman–Crippen LogP) is 1.33. The molecule has 0 fully saturated rings. The summed E-state index contributed by atoms with van der Waals surface area (Å²) >= 11 is 0. The Kier molecular flexibility index (Phi) is 7.81. The third-order valence-electron chi connectivity index (χ3n) is 2.73. The minimum Gasteiger partial charge on any atom is -0.437 e. The maximum absolute atomic E-state index is 10.9. The van der Waals surface area contributed by atoms with Crippen LogP contribution in [0.1, 0.15) is 19.8 Å². The van der Waals surface area contributed by atoms with Gasteiger partial charge in [-0.1, -0.05) is 13.3 Å². The van der Waals surface area contributed by atoms with E-state index in [2.05, 4.69) is 0 Å². The Balaban J connectivity index is 5.40. The zero-order valence-electron chi connectivity index (χ0n) is 13.9. The highest BCUT2D eigenvalue weighted by Crippen LogP contribution is 2.27. The maximum Gasteiger partial charge on any atom is 0.336 e. The van der Waals surface area contributed by atoms with Gasteiger partial charge in [0.15, 0.2) is 16.6 Å². The molecule has 0 aromatic heterocycles. The van der Waals surface area contributed by atoms with E-state index in [-0.39, 0.29) is 0 Å². The highest BCUT2D eigenvalue weighted by molar-refractivity contribution is 6.81. The lowest BCUT2D eigenvalue weighted by atomic mass is 10.1. The Labute approximate surface area is 127 Å². The molecule has 0 amide bonds. The van der Waals surface area contributed by atoms with Gasteiger partial charge in [-0.15, -0.1) is 0 Å². The van der Waals surface area contributed by atoms with Crippen molar-refractivity contribution in [2.75, 3.05) is 6.61 Å². The van der Waals surface area contributed by atoms with Crippen LogP contribution in [0.4, 0.5) is 0 Å². The molecule has 0 aliphatic heterocycles. The van der Waals surface area contributed by atoms with Gasteiger partial charge in [-0.3, -0.25) is 0 Å². The SMILES string of the molecule is CCCC(O)(C(O)CO)[SiH](O[Si](C)(C)C)O[Si](C)(C)C. The fourth-order valence-electron chi connectivity index (χ4n) is 1.87. The van der Waals surface area contributed by atoms with E-state index in [4.69, 9.17) is 8.23 Å². The molecule has 3 N–H and O–H groups in total. The summed E-state index contributed by atoms with van der Waals surface area (Å²) < 4.78 is 12.2. The summed E-state index contributed by atoms with van der Waals surface area (Å²) in [5.74, 6) is 0. The average Bonchev–Trinajstić information content (AvgIpc) is 2.23. The molecule has 0 bridgehead atoms. The Morgan fingerprint density at radius 1 is 1.05 bits per heavy atom. The first-order valence-corrected chi connectivity index (χ1v) is 15.6. The molecule has 0 aliphatic carbocycles. The third-order valence-corrected chi connectivity index (χ3v) is 11.6. The fourth-order valence-corrected chi connectivity index (χ4v) is 10.2. The number of hydrogen-bond acceptors (Lipinski definition) is 5. The van der Waals surface area contributed by atoms with Gasteiger partial charge in [0, 0.05) is 0 Å². The van der Waals surface area contributed by atoms with E-state index in [0.717, 1.165) is 0 Å². The topological polar surface area (TPSA) is 79.2 Å². The monoisotopic (exact) mass is 340 g/mol. The highest BCUT2D eigenvalue weighted by Gasteiger charge is 2.49. The van der Waals surface area contributed by atoms with Crippen molar-refractivity contribution in [2.24, 2.45) is 0 Å². The Hall–Kier alpha value is 0.451. The van der Waals surface area contributed by atoms with Gasteiger partial charge in [0.05, 0.1) is 6.61 Å². The second-order valence-electron chi connectivity index (χ2n) is 7.23. The van der Waals surface area contributed by atoms with Crippen LogP contribution in [0, 0.1) is 0 Å². The van der Waals surface area contributed by atoms with Crippen molar-refractivity contribution < 1.29 is 23.5 Å². The van der Waals surface area contributed by atoms with E-state index >= 15 is 0 Å². The molecule has 2 atom stereocenters. The number of aliphatic hydroxyl groups is 3. The first-order chi connectivity index (χ1) is 8.85. The first kappa shape index (κ1) is 20.5. The van der Waals surface area contributed by atoms with Crippen molar-refractivity contribution in [3.05, 3.63) is 0 Å². The van der Waals surface area contributed by atoms with Crippen molar-refractivity contribution in [3.8, 4) is 0 Å². The number of aliphatic hydroxyl groups excluding tert-OH is 2. The molecule has 5 nitrogen and oxygen atoms in total. The molecule has 0 radical (unpaired) electrons. The second-order valence-corrected chi connectivity index (χ2v) is 19.2. The molecular formula is C12H32O5Si3. The third kappa shape index (κ3) is 6.94. The van der Waals surface area contributed by atoms with E-state index in [1.165, 1.54) is 0 Å². The molecule has 0 spiro atoms. The van der Waals surface area contributed by atoms with Gasteiger partial charge in [-0.25, -0.2) is 0 Å². The van der Waals surface area contributed by atoms with Gasteiger partial charge < -0.3 is 23.5 Å². The van der Waals surface area contributed by atoms with Gasteiger partial charge in [-0.05, 0) is 45.7 Å². The fraction of sp³-hybridized carbons (Fsp3) is 1.00. The van der Waals surface area contributed by atoms with Crippen LogP contribution in [0.5, 0.6) is 0 Å². The van der Waals surface area contributed by atoms with Gasteiger partial charge in [0.1, 0.15) is 11.3 Å². The normalized spacial score (nSPS) is 18.1. The summed E-state index contributed by atoms with van der Waals surface area (Å²) in [7, 11) is -6.36.